The Bertz CT molecular complexity index is 874. The number of aryl methyl sites for hydroxylation is 1. The third-order valence-corrected chi connectivity index (χ3v) is 4.37. The van der Waals surface area contributed by atoms with Crippen LogP contribution in [-0.4, -0.2) is 31.9 Å². The summed E-state index contributed by atoms with van der Waals surface area (Å²) < 4.78 is 1.65. The molecule has 28 heavy (non-hydrogen) atoms. The van der Waals surface area contributed by atoms with Gasteiger partial charge >= 0.3 is 6.09 Å². The van der Waals surface area contributed by atoms with Crippen LogP contribution in [0.15, 0.2) is 49.8 Å². The van der Waals surface area contributed by atoms with Gasteiger partial charge in [-0.1, -0.05) is 19.1 Å². The number of hydrogen-bond donors (Lipinski definition) is 3. The van der Waals surface area contributed by atoms with Gasteiger partial charge in [0.25, 0.3) is 0 Å². The molecule has 3 N–H and O–H groups in total. The molecule has 0 bridgehead atoms. The number of pyridine rings is 1. The number of carbonyl (C=O) groups is 2. The van der Waals surface area contributed by atoms with E-state index in [1.165, 1.54) is 0 Å². The second kappa shape index (κ2) is 9.50. The fraction of sp³-hybridized carbons (Fsp3) is 0.300. The summed E-state index contributed by atoms with van der Waals surface area (Å²) in [7, 11) is 1.77. The van der Waals surface area contributed by atoms with Gasteiger partial charge in [-0.25, -0.2) is 4.79 Å². The molecule has 0 saturated carbocycles. The number of aromatic nitrogens is 3. The van der Waals surface area contributed by atoms with Crippen molar-refractivity contribution in [3.63, 3.8) is 0 Å². The van der Waals surface area contributed by atoms with Crippen LogP contribution in [0.1, 0.15) is 31.5 Å². The Hall–Kier alpha value is -3.42. The zero-order valence-electron chi connectivity index (χ0n) is 16.1. The predicted octanol–water partition coefficient (Wildman–Crippen LogP) is 3.52. The smallest absolute Gasteiger partial charge is 0.405 e. The highest BCUT2D eigenvalue weighted by Gasteiger charge is 2.20. The van der Waals surface area contributed by atoms with E-state index in [4.69, 9.17) is 5.11 Å². The van der Waals surface area contributed by atoms with Crippen molar-refractivity contribution in [1.29, 1.82) is 0 Å². The Balaban J connectivity index is 2.39. The van der Waals surface area contributed by atoms with Crippen LogP contribution in [0.3, 0.4) is 0 Å². The Kier molecular flexibility index (Phi) is 7.08. The van der Waals surface area contributed by atoms with E-state index in [0.29, 0.717) is 29.9 Å². The topological polar surface area (TPSA) is 109 Å². The number of nitrogens with zero attached hydrogens (tertiary/aromatic N) is 3. The van der Waals surface area contributed by atoms with Crippen LogP contribution in [0.2, 0.25) is 0 Å². The largest absolute Gasteiger partial charge is 0.465 e. The highest BCUT2D eigenvalue weighted by molar-refractivity contribution is 5.96. The predicted molar refractivity (Wildman–Crippen MR) is 108 cm³/mol. The molecule has 2 atom stereocenters. The minimum absolute atomic E-state index is 0.155. The number of rotatable bonds is 9. The number of nitrogens with one attached hydrogen (secondary N) is 2. The first-order chi connectivity index (χ1) is 13.4. The highest BCUT2D eigenvalue weighted by atomic mass is 16.4. The maximum absolute atomic E-state index is 12.4. The minimum atomic E-state index is -1.14. The van der Waals surface area contributed by atoms with Crippen molar-refractivity contribution in [3.8, 4) is 11.3 Å². The number of anilines is 1. The summed E-state index contributed by atoms with van der Waals surface area (Å²) in [6, 6.07) is 3.04. The van der Waals surface area contributed by atoms with E-state index in [0.717, 1.165) is 5.56 Å². The molecule has 8 heteroatoms. The molecule has 2 rings (SSSR count). The molecule has 2 aromatic heterocycles. The molecule has 0 spiro atoms. The monoisotopic (exact) mass is 383 g/mol. The fourth-order valence-corrected chi connectivity index (χ4v) is 2.91. The average molecular weight is 383 g/mol. The summed E-state index contributed by atoms with van der Waals surface area (Å²) in [6.45, 7) is 9.29. The second-order valence-corrected chi connectivity index (χ2v) is 6.27. The van der Waals surface area contributed by atoms with Crippen molar-refractivity contribution in [3.05, 3.63) is 55.5 Å². The summed E-state index contributed by atoms with van der Waals surface area (Å²) in [5, 5.41) is 18.7. The molecular weight excluding hydrogens is 358 g/mol. The lowest BCUT2D eigenvalue weighted by Crippen LogP contribution is -2.27. The molecule has 2 aromatic rings. The van der Waals surface area contributed by atoms with E-state index in [-0.39, 0.29) is 11.8 Å². The van der Waals surface area contributed by atoms with Crippen LogP contribution in [-0.2, 0) is 11.8 Å². The molecular formula is C20H25N5O3. The lowest BCUT2D eigenvalue weighted by atomic mass is 10.0. The Labute approximate surface area is 164 Å². The molecule has 0 aromatic carbocycles. The highest BCUT2D eigenvalue weighted by Crippen LogP contribution is 2.29. The van der Waals surface area contributed by atoms with Crippen molar-refractivity contribution in [1.82, 2.24) is 20.1 Å². The summed E-state index contributed by atoms with van der Waals surface area (Å²) in [4.78, 5) is 27.8. The van der Waals surface area contributed by atoms with Gasteiger partial charge in [0.15, 0.2) is 0 Å². The first kappa shape index (κ1) is 20.9. The number of amides is 2. The maximum atomic E-state index is 12.4. The average Bonchev–Trinajstić information content (AvgIpc) is 3.02. The molecule has 0 aliphatic carbocycles. The molecule has 0 fully saturated rings. The molecule has 2 heterocycles. The lowest BCUT2D eigenvalue weighted by Gasteiger charge is -2.16. The summed E-state index contributed by atoms with van der Waals surface area (Å²) in [5.41, 5.74) is 2.57. The third kappa shape index (κ3) is 4.85. The normalized spacial score (nSPS) is 12.6. The standard InChI is InChI=1S/C20H25N5O3/c1-5-8-15(24-20(27)28)16-11-14(9-10-21-16)18-17(12-22-25(18)4)23-19(26)13(6-2)7-3/h5-6,9-13,15,24H,1-2,7-8H2,3-4H3,(H,23,26)(H,27,28)/t13?,15-/m0/s1. The van der Waals surface area contributed by atoms with Crippen LogP contribution in [0.4, 0.5) is 10.5 Å². The summed E-state index contributed by atoms with van der Waals surface area (Å²) in [6.07, 6.45) is 6.34. The van der Waals surface area contributed by atoms with Crippen molar-refractivity contribution in [2.45, 2.75) is 25.8 Å². The van der Waals surface area contributed by atoms with Crippen molar-refractivity contribution in [2.75, 3.05) is 5.32 Å². The van der Waals surface area contributed by atoms with Gasteiger partial charge in [0.2, 0.25) is 5.91 Å². The summed E-state index contributed by atoms with van der Waals surface area (Å²) in [5.74, 6) is -0.448. The van der Waals surface area contributed by atoms with E-state index in [2.05, 4.69) is 33.9 Å². The van der Waals surface area contributed by atoms with Gasteiger partial charge in [-0.15, -0.1) is 13.2 Å². The quantitative estimate of drug-likeness (QED) is 0.574. The number of carboxylic acid groups (broad SMARTS) is 1. The van der Waals surface area contributed by atoms with E-state index >= 15 is 0 Å². The third-order valence-electron chi connectivity index (χ3n) is 4.37. The molecule has 0 aliphatic heterocycles. The maximum Gasteiger partial charge on any atom is 0.405 e. The van der Waals surface area contributed by atoms with Crippen LogP contribution >= 0.6 is 0 Å². The van der Waals surface area contributed by atoms with Gasteiger partial charge in [-0.3, -0.25) is 14.5 Å². The Morgan fingerprint density at radius 2 is 2.14 bits per heavy atom. The van der Waals surface area contributed by atoms with E-state index in [9.17, 15) is 9.59 Å². The molecule has 148 valence electrons. The van der Waals surface area contributed by atoms with Crippen molar-refractivity contribution < 1.29 is 14.7 Å². The van der Waals surface area contributed by atoms with E-state index in [1.807, 2.05) is 6.92 Å². The van der Waals surface area contributed by atoms with Gasteiger partial charge in [-0.05, 0) is 25.0 Å². The van der Waals surface area contributed by atoms with Gasteiger partial charge in [0.1, 0.15) is 0 Å². The van der Waals surface area contributed by atoms with E-state index < -0.39 is 12.1 Å². The van der Waals surface area contributed by atoms with Crippen LogP contribution in [0, 0.1) is 5.92 Å². The SMILES string of the molecule is C=CC[C@H](NC(=O)O)c1cc(-c2c(NC(=O)C(C=C)CC)cnn2C)ccn1. The van der Waals surface area contributed by atoms with Crippen LogP contribution in [0.25, 0.3) is 11.3 Å². The lowest BCUT2D eigenvalue weighted by molar-refractivity contribution is -0.118. The zero-order valence-corrected chi connectivity index (χ0v) is 16.1. The molecule has 8 nitrogen and oxygen atoms in total. The Morgan fingerprint density at radius 1 is 1.39 bits per heavy atom. The molecule has 0 radical (unpaired) electrons. The van der Waals surface area contributed by atoms with Crippen molar-refractivity contribution in [2.24, 2.45) is 13.0 Å². The number of hydrogen-bond acceptors (Lipinski definition) is 4. The first-order valence-corrected chi connectivity index (χ1v) is 8.93. The zero-order chi connectivity index (χ0) is 20.7. The summed E-state index contributed by atoms with van der Waals surface area (Å²) >= 11 is 0. The van der Waals surface area contributed by atoms with Gasteiger partial charge in [-0.2, -0.15) is 5.10 Å². The van der Waals surface area contributed by atoms with Gasteiger partial charge < -0.3 is 15.7 Å². The van der Waals surface area contributed by atoms with E-state index in [1.54, 1.807) is 48.4 Å². The molecule has 1 unspecified atom stereocenters. The first-order valence-electron chi connectivity index (χ1n) is 8.93. The van der Waals surface area contributed by atoms with Gasteiger partial charge in [0.05, 0.1) is 35.2 Å². The molecule has 0 saturated heterocycles. The van der Waals surface area contributed by atoms with Gasteiger partial charge in [0, 0.05) is 18.8 Å². The second-order valence-electron chi connectivity index (χ2n) is 6.27. The van der Waals surface area contributed by atoms with Crippen molar-refractivity contribution >= 4 is 17.7 Å². The van der Waals surface area contributed by atoms with Crippen LogP contribution in [0.5, 0.6) is 0 Å². The van der Waals surface area contributed by atoms with Crippen LogP contribution < -0.4 is 10.6 Å². The minimum Gasteiger partial charge on any atom is -0.465 e. The Morgan fingerprint density at radius 3 is 2.75 bits per heavy atom. The molecule has 0 aliphatic rings. The number of carbonyl (C=O) groups excluding carboxylic acids is 1. The fourth-order valence-electron chi connectivity index (χ4n) is 2.91. The molecule has 2 amide bonds.